The fourth-order valence-electron chi connectivity index (χ4n) is 0.160. The highest BCUT2D eigenvalue weighted by Gasteiger charge is 1.94. The maximum atomic E-state index is 10.0. The first-order valence-electron chi connectivity index (χ1n) is 1.95. The van der Waals surface area contributed by atoms with Gasteiger partial charge in [0.1, 0.15) is 0 Å². The third kappa shape index (κ3) is 3.04. The topological polar surface area (TPSA) is 35.5 Å². The van der Waals surface area contributed by atoms with E-state index >= 15 is 0 Å². The van der Waals surface area contributed by atoms with Crippen molar-refractivity contribution in [2.24, 2.45) is 0 Å². The van der Waals surface area contributed by atoms with Gasteiger partial charge >= 0.3 is 6.16 Å². The van der Waals surface area contributed by atoms with Crippen molar-refractivity contribution >= 4 is 6.16 Å². The second kappa shape index (κ2) is 4.00. The van der Waals surface area contributed by atoms with E-state index in [2.05, 4.69) is 15.4 Å². The Hall–Kier alpha value is -1.17. The van der Waals surface area contributed by atoms with Gasteiger partial charge in [-0.05, 0) is 0 Å². The Labute approximate surface area is 47.6 Å². The molecule has 0 aromatic carbocycles. The van der Waals surface area contributed by atoms with Gasteiger partial charge in [-0.2, -0.15) is 0 Å². The van der Waals surface area contributed by atoms with Crippen LogP contribution in [0.25, 0.3) is 0 Å². The average molecular weight is 114 g/mol. The number of rotatable bonds is 1. The van der Waals surface area contributed by atoms with Gasteiger partial charge in [0.15, 0.2) is 6.61 Å². The fourth-order valence-corrected chi connectivity index (χ4v) is 0.160. The number of terminal acetylenes is 1. The van der Waals surface area contributed by atoms with Gasteiger partial charge in [0.25, 0.3) is 0 Å². The molecule has 0 atom stereocenters. The summed E-state index contributed by atoms with van der Waals surface area (Å²) in [6.07, 6.45) is 4.00. The predicted molar refractivity (Wildman–Crippen MR) is 27.2 cm³/mol. The second-order valence-corrected chi connectivity index (χ2v) is 0.947. The van der Waals surface area contributed by atoms with Crippen molar-refractivity contribution in [1.29, 1.82) is 0 Å². The minimum Gasteiger partial charge on any atom is -0.438 e. The summed E-state index contributed by atoms with van der Waals surface area (Å²) < 4.78 is 8.34. The highest BCUT2D eigenvalue weighted by Crippen LogP contribution is 1.78. The molecule has 0 N–H and O–H groups in total. The molecule has 0 saturated heterocycles. The summed E-state index contributed by atoms with van der Waals surface area (Å²) in [5, 5.41) is 0. The molecule has 0 rings (SSSR count). The Morgan fingerprint density at radius 3 is 2.88 bits per heavy atom. The third-order valence-corrected chi connectivity index (χ3v) is 0.440. The number of hydrogen-bond acceptors (Lipinski definition) is 3. The molecule has 0 saturated carbocycles. The summed E-state index contributed by atoms with van der Waals surface area (Å²) in [5.74, 6) is 2.11. The normalized spacial score (nSPS) is 7.00. The third-order valence-electron chi connectivity index (χ3n) is 0.440. The van der Waals surface area contributed by atoms with Gasteiger partial charge in [-0.25, -0.2) is 4.79 Å². The van der Waals surface area contributed by atoms with E-state index in [1.165, 1.54) is 7.11 Å². The Balaban J connectivity index is 3.15. The zero-order valence-electron chi connectivity index (χ0n) is 4.51. The monoisotopic (exact) mass is 114 g/mol. The summed E-state index contributed by atoms with van der Waals surface area (Å²) in [7, 11) is 1.22. The standard InChI is InChI=1S/C5H6O3/c1-3-4-8-5(6)7-2/h1H,4H2,2H3. The lowest BCUT2D eigenvalue weighted by molar-refractivity contribution is 0.0833. The fraction of sp³-hybridized carbons (Fsp3) is 0.400. The van der Waals surface area contributed by atoms with Gasteiger partial charge < -0.3 is 9.47 Å². The van der Waals surface area contributed by atoms with Crippen molar-refractivity contribution in [2.75, 3.05) is 13.7 Å². The van der Waals surface area contributed by atoms with E-state index in [1.807, 2.05) is 0 Å². The molecular weight excluding hydrogens is 108 g/mol. The van der Waals surface area contributed by atoms with Gasteiger partial charge in [-0.15, -0.1) is 6.42 Å². The summed E-state index contributed by atoms with van der Waals surface area (Å²) in [5.41, 5.74) is 0. The lowest BCUT2D eigenvalue weighted by Gasteiger charge is -1.94. The molecule has 44 valence electrons. The van der Waals surface area contributed by atoms with Crippen molar-refractivity contribution in [2.45, 2.75) is 0 Å². The molecular formula is C5H6O3. The van der Waals surface area contributed by atoms with Gasteiger partial charge in [-0.1, -0.05) is 5.92 Å². The first kappa shape index (κ1) is 6.83. The van der Waals surface area contributed by atoms with Crippen LogP contribution in [0.3, 0.4) is 0 Å². The molecule has 0 aliphatic heterocycles. The SMILES string of the molecule is C#CCOC(=O)OC. The Morgan fingerprint density at radius 1 is 1.88 bits per heavy atom. The Kier molecular flexibility index (Phi) is 3.42. The summed E-state index contributed by atoms with van der Waals surface area (Å²) in [6, 6.07) is 0. The highest BCUT2D eigenvalue weighted by atomic mass is 16.7. The molecule has 0 amide bonds. The molecule has 0 aromatic rings. The van der Waals surface area contributed by atoms with Gasteiger partial charge in [0.2, 0.25) is 0 Å². The average Bonchev–Trinajstić information content (AvgIpc) is 1.83. The van der Waals surface area contributed by atoms with E-state index < -0.39 is 6.16 Å². The maximum Gasteiger partial charge on any atom is 0.508 e. The number of hydrogen-bond donors (Lipinski definition) is 0. The van der Waals surface area contributed by atoms with Crippen molar-refractivity contribution in [3.8, 4) is 12.3 Å². The minimum atomic E-state index is -0.747. The first-order chi connectivity index (χ1) is 3.81. The molecule has 8 heavy (non-hydrogen) atoms. The number of carbonyl (C=O) groups excluding carboxylic acids is 1. The maximum absolute atomic E-state index is 10.0. The molecule has 3 nitrogen and oxygen atoms in total. The van der Waals surface area contributed by atoms with Crippen molar-refractivity contribution in [3.05, 3.63) is 0 Å². The smallest absolute Gasteiger partial charge is 0.438 e. The number of carbonyl (C=O) groups is 1. The second-order valence-electron chi connectivity index (χ2n) is 0.947. The Morgan fingerprint density at radius 2 is 2.50 bits per heavy atom. The van der Waals surface area contributed by atoms with Crippen LogP contribution in [0, 0.1) is 12.3 Å². The van der Waals surface area contributed by atoms with E-state index in [1.54, 1.807) is 0 Å². The van der Waals surface area contributed by atoms with Crippen LogP contribution in [0.5, 0.6) is 0 Å². The van der Waals surface area contributed by atoms with Crippen molar-refractivity contribution < 1.29 is 14.3 Å². The number of methoxy groups -OCH3 is 1. The van der Waals surface area contributed by atoms with Crippen LogP contribution in [0.15, 0.2) is 0 Å². The highest BCUT2D eigenvalue weighted by molar-refractivity contribution is 5.59. The van der Waals surface area contributed by atoms with Crippen LogP contribution in [-0.4, -0.2) is 19.9 Å². The summed E-state index contributed by atoms with van der Waals surface area (Å²) >= 11 is 0. The van der Waals surface area contributed by atoms with Crippen LogP contribution < -0.4 is 0 Å². The lowest BCUT2D eigenvalue weighted by Crippen LogP contribution is -2.03. The summed E-state index contributed by atoms with van der Waals surface area (Å²) in [4.78, 5) is 10.0. The molecule has 0 bridgehead atoms. The van der Waals surface area contributed by atoms with Gasteiger partial charge in [0, 0.05) is 0 Å². The van der Waals surface area contributed by atoms with E-state index in [0.717, 1.165) is 0 Å². The van der Waals surface area contributed by atoms with E-state index in [0.29, 0.717) is 0 Å². The number of ether oxygens (including phenoxy) is 2. The first-order valence-corrected chi connectivity index (χ1v) is 1.95. The van der Waals surface area contributed by atoms with Gasteiger partial charge in [0.05, 0.1) is 7.11 Å². The lowest BCUT2D eigenvalue weighted by atomic mass is 10.8. The Bertz CT molecular complexity index is 111. The van der Waals surface area contributed by atoms with E-state index in [4.69, 9.17) is 6.42 Å². The minimum absolute atomic E-state index is 0.0350. The predicted octanol–water partition coefficient (Wildman–Crippen LogP) is 0.403. The molecule has 0 aliphatic carbocycles. The van der Waals surface area contributed by atoms with Crippen LogP contribution >= 0.6 is 0 Å². The van der Waals surface area contributed by atoms with E-state index in [9.17, 15) is 4.79 Å². The largest absolute Gasteiger partial charge is 0.508 e. The summed E-state index contributed by atoms with van der Waals surface area (Å²) in [6.45, 7) is -0.0350. The molecule has 0 spiro atoms. The zero-order chi connectivity index (χ0) is 6.41. The molecule has 0 aromatic heterocycles. The van der Waals surface area contributed by atoms with Crippen LogP contribution in [0.1, 0.15) is 0 Å². The molecule has 0 heterocycles. The van der Waals surface area contributed by atoms with E-state index in [-0.39, 0.29) is 6.61 Å². The van der Waals surface area contributed by atoms with Crippen LogP contribution in [0.4, 0.5) is 4.79 Å². The van der Waals surface area contributed by atoms with Gasteiger partial charge in [-0.3, -0.25) is 0 Å². The zero-order valence-corrected chi connectivity index (χ0v) is 4.51. The van der Waals surface area contributed by atoms with Crippen molar-refractivity contribution in [1.82, 2.24) is 0 Å². The van der Waals surface area contributed by atoms with Crippen molar-refractivity contribution in [3.63, 3.8) is 0 Å². The molecule has 3 heteroatoms. The van der Waals surface area contributed by atoms with Crippen LogP contribution in [-0.2, 0) is 9.47 Å². The quantitative estimate of drug-likeness (QED) is 0.365. The molecule has 0 radical (unpaired) electrons. The molecule has 0 aliphatic rings. The molecule has 0 unspecified atom stereocenters. The molecule has 0 fully saturated rings. The van der Waals surface area contributed by atoms with Crippen LogP contribution in [0.2, 0.25) is 0 Å².